The molecule has 1 aromatic carbocycles. The fraction of sp³-hybridized carbons (Fsp3) is 0.562. The van der Waals surface area contributed by atoms with E-state index in [0.717, 1.165) is 12.8 Å². The first kappa shape index (κ1) is 20.2. The summed E-state index contributed by atoms with van der Waals surface area (Å²) in [5.41, 5.74) is 0.350. The van der Waals surface area contributed by atoms with Gasteiger partial charge < -0.3 is 14.8 Å². The second-order valence-electron chi connectivity index (χ2n) is 5.35. The van der Waals surface area contributed by atoms with Crippen LogP contribution in [0.3, 0.4) is 0 Å². The van der Waals surface area contributed by atoms with Gasteiger partial charge in [-0.25, -0.2) is 12.7 Å². The lowest BCUT2D eigenvalue weighted by Gasteiger charge is -2.17. The van der Waals surface area contributed by atoms with Gasteiger partial charge in [-0.3, -0.25) is 4.79 Å². The molecule has 8 heteroatoms. The van der Waals surface area contributed by atoms with Gasteiger partial charge >= 0.3 is 0 Å². The fourth-order valence-electron chi connectivity index (χ4n) is 2.01. The summed E-state index contributed by atoms with van der Waals surface area (Å²) in [4.78, 5) is 12.2. The lowest BCUT2D eigenvalue weighted by Crippen LogP contribution is -2.36. The maximum Gasteiger partial charge on any atom is 0.251 e. The molecule has 1 aromatic rings. The fourth-order valence-corrected chi connectivity index (χ4v) is 3.09. The highest BCUT2D eigenvalue weighted by Crippen LogP contribution is 2.22. The molecule has 0 atom stereocenters. The van der Waals surface area contributed by atoms with E-state index in [1.807, 2.05) is 6.92 Å². The number of benzene rings is 1. The second-order valence-corrected chi connectivity index (χ2v) is 7.54. The minimum absolute atomic E-state index is 0.0388. The van der Waals surface area contributed by atoms with Crippen LogP contribution < -0.4 is 14.8 Å². The number of hydrogen-bond donors (Lipinski definition) is 1. The van der Waals surface area contributed by atoms with E-state index in [9.17, 15) is 13.2 Å². The van der Waals surface area contributed by atoms with Crippen LogP contribution in [0.2, 0.25) is 0 Å². The van der Waals surface area contributed by atoms with Crippen molar-refractivity contribution in [1.29, 1.82) is 0 Å². The zero-order valence-electron chi connectivity index (χ0n) is 14.7. The van der Waals surface area contributed by atoms with Gasteiger partial charge in [0.25, 0.3) is 5.91 Å². The number of unbranched alkanes of at least 4 members (excludes halogenated alkanes) is 1. The molecule has 0 spiro atoms. The Hall–Kier alpha value is -1.80. The maximum absolute atomic E-state index is 12.2. The number of carbonyl (C=O) groups excluding carboxylic acids is 1. The number of ether oxygens (including phenoxy) is 2. The van der Waals surface area contributed by atoms with Crippen molar-refractivity contribution in [1.82, 2.24) is 9.62 Å². The van der Waals surface area contributed by atoms with Gasteiger partial charge in [-0.15, -0.1) is 0 Å². The zero-order chi connectivity index (χ0) is 18.2. The molecule has 0 saturated carbocycles. The summed E-state index contributed by atoms with van der Waals surface area (Å²) in [6.07, 6.45) is 1.74. The number of amides is 1. The molecule has 0 unspecified atom stereocenters. The van der Waals surface area contributed by atoms with Crippen LogP contribution in [0.4, 0.5) is 0 Å². The molecule has 0 aliphatic carbocycles. The Morgan fingerprint density at radius 2 is 1.75 bits per heavy atom. The predicted octanol–water partition coefficient (Wildman–Crippen LogP) is 1.50. The van der Waals surface area contributed by atoms with Crippen molar-refractivity contribution in [2.75, 3.05) is 40.1 Å². The minimum atomic E-state index is -3.37. The summed E-state index contributed by atoms with van der Waals surface area (Å²) in [6.45, 7) is 2.53. The Labute approximate surface area is 144 Å². The van der Waals surface area contributed by atoms with Crippen LogP contribution in [-0.2, 0) is 10.0 Å². The number of hydrogen-bond acceptors (Lipinski definition) is 5. The topological polar surface area (TPSA) is 84.9 Å². The largest absolute Gasteiger partial charge is 0.497 e. The van der Waals surface area contributed by atoms with E-state index in [-0.39, 0.29) is 18.2 Å². The monoisotopic (exact) mass is 358 g/mol. The lowest BCUT2D eigenvalue weighted by molar-refractivity contribution is 0.0955. The van der Waals surface area contributed by atoms with Crippen molar-refractivity contribution in [3.8, 4) is 11.5 Å². The van der Waals surface area contributed by atoms with Crippen molar-refractivity contribution in [3.63, 3.8) is 0 Å². The molecule has 0 fully saturated rings. The van der Waals surface area contributed by atoms with Crippen molar-refractivity contribution in [2.45, 2.75) is 19.8 Å². The van der Waals surface area contributed by atoms with E-state index in [0.29, 0.717) is 23.6 Å². The van der Waals surface area contributed by atoms with Gasteiger partial charge in [0.2, 0.25) is 10.0 Å². The molecule has 0 bridgehead atoms. The number of nitrogens with one attached hydrogen (secondary N) is 1. The van der Waals surface area contributed by atoms with Crippen LogP contribution in [0.25, 0.3) is 0 Å². The first-order valence-electron chi connectivity index (χ1n) is 7.79. The van der Waals surface area contributed by atoms with E-state index in [1.165, 1.54) is 18.5 Å². The van der Waals surface area contributed by atoms with Gasteiger partial charge in [-0.05, 0) is 18.6 Å². The first-order valence-corrected chi connectivity index (χ1v) is 9.40. The highest BCUT2D eigenvalue weighted by molar-refractivity contribution is 7.89. The smallest absolute Gasteiger partial charge is 0.251 e. The molecular weight excluding hydrogens is 332 g/mol. The van der Waals surface area contributed by atoms with E-state index < -0.39 is 10.0 Å². The molecule has 1 rings (SSSR count). The van der Waals surface area contributed by atoms with E-state index in [1.54, 1.807) is 25.2 Å². The summed E-state index contributed by atoms with van der Waals surface area (Å²) in [5.74, 6) is 0.469. The molecule has 24 heavy (non-hydrogen) atoms. The molecule has 0 saturated heterocycles. The molecule has 0 aliphatic rings. The zero-order valence-corrected chi connectivity index (χ0v) is 15.5. The molecule has 0 aliphatic heterocycles. The van der Waals surface area contributed by atoms with Crippen LogP contribution in [0.1, 0.15) is 30.1 Å². The minimum Gasteiger partial charge on any atom is -0.497 e. The summed E-state index contributed by atoms with van der Waals surface area (Å²) < 4.78 is 35.7. The van der Waals surface area contributed by atoms with Crippen LogP contribution >= 0.6 is 0 Å². The van der Waals surface area contributed by atoms with Crippen LogP contribution in [0.5, 0.6) is 11.5 Å². The third-order valence-corrected chi connectivity index (χ3v) is 5.41. The quantitative estimate of drug-likeness (QED) is 0.685. The van der Waals surface area contributed by atoms with E-state index >= 15 is 0 Å². The average molecular weight is 358 g/mol. The number of rotatable bonds is 10. The molecular formula is C16H26N2O5S. The Kier molecular flexibility index (Phi) is 8.00. The standard InChI is InChI=1S/C16H26N2O5S/c1-5-6-8-18(2)24(20,21)9-7-17-16(19)13-10-14(22-3)12-15(11-13)23-4/h10-12H,5-9H2,1-4H3,(H,17,19). The second kappa shape index (κ2) is 9.48. The average Bonchev–Trinajstić information content (AvgIpc) is 2.58. The molecule has 0 heterocycles. The van der Waals surface area contributed by atoms with Crippen LogP contribution in [0.15, 0.2) is 18.2 Å². The molecule has 0 aromatic heterocycles. The summed E-state index contributed by atoms with van der Waals surface area (Å²) >= 11 is 0. The van der Waals surface area contributed by atoms with Gasteiger partial charge in [0, 0.05) is 31.8 Å². The number of methoxy groups -OCH3 is 2. The van der Waals surface area contributed by atoms with Crippen molar-refractivity contribution in [3.05, 3.63) is 23.8 Å². The maximum atomic E-state index is 12.2. The number of sulfonamides is 1. The first-order chi connectivity index (χ1) is 11.3. The summed E-state index contributed by atoms with van der Waals surface area (Å²) in [7, 11) is 1.18. The van der Waals surface area contributed by atoms with Crippen LogP contribution in [-0.4, -0.2) is 58.7 Å². The van der Waals surface area contributed by atoms with Crippen molar-refractivity contribution in [2.24, 2.45) is 0 Å². The highest BCUT2D eigenvalue weighted by atomic mass is 32.2. The molecule has 1 N–H and O–H groups in total. The Morgan fingerprint density at radius 3 is 2.25 bits per heavy atom. The normalized spacial score (nSPS) is 11.4. The molecule has 0 radical (unpaired) electrons. The van der Waals surface area contributed by atoms with Gasteiger partial charge in [0.15, 0.2) is 0 Å². The predicted molar refractivity (Wildman–Crippen MR) is 93.2 cm³/mol. The third-order valence-electron chi connectivity index (χ3n) is 3.56. The Morgan fingerprint density at radius 1 is 1.17 bits per heavy atom. The van der Waals surface area contributed by atoms with Gasteiger partial charge in [0.1, 0.15) is 11.5 Å². The Bertz CT molecular complexity index is 624. The van der Waals surface area contributed by atoms with E-state index in [2.05, 4.69) is 5.32 Å². The van der Waals surface area contributed by atoms with Gasteiger partial charge in [0.05, 0.1) is 20.0 Å². The summed E-state index contributed by atoms with van der Waals surface area (Å²) in [6, 6.07) is 4.80. The molecule has 136 valence electrons. The molecule has 7 nitrogen and oxygen atoms in total. The van der Waals surface area contributed by atoms with Gasteiger partial charge in [-0.1, -0.05) is 13.3 Å². The number of carbonyl (C=O) groups is 1. The SMILES string of the molecule is CCCCN(C)S(=O)(=O)CCNC(=O)c1cc(OC)cc(OC)c1. The Balaban J connectivity index is 2.63. The molecule has 1 amide bonds. The highest BCUT2D eigenvalue weighted by Gasteiger charge is 2.17. The van der Waals surface area contributed by atoms with Crippen molar-refractivity contribution >= 4 is 15.9 Å². The summed E-state index contributed by atoms with van der Waals surface area (Å²) in [5, 5.41) is 2.61. The van der Waals surface area contributed by atoms with Gasteiger partial charge in [-0.2, -0.15) is 0 Å². The lowest BCUT2D eigenvalue weighted by atomic mass is 10.2. The number of nitrogens with zero attached hydrogens (tertiary/aromatic N) is 1. The van der Waals surface area contributed by atoms with Crippen LogP contribution in [0, 0.1) is 0 Å². The third kappa shape index (κ3) is 6.01. The van der Waals surface area contributed by atoms with E-state index in [4.69, 9.17) is 9.47 Å². The van der Waals surface area contributed by atoms with Crippen molar-refractivity contribution < 1.29 is 22.7 Å².